The molecule has 0 bridgehead atoms. The predicted octanol–water partition coefficient (Wildman–Crippen LogP) is 2.44. The molecule has 0 aromatic heterocycles. The maximum atomic E-state index is 10.8. The van der Waals surface area contributed by atoms with E-state index >= 15 is 0 Å². The van der Waals surface area contributed by atoms with Gasteiger partial charge in [0.2, 0.25) is 0 Å². The Morgan fingerprint density at radius 2 is 2.12 bits per heavy atom. The Bertz CT molecular complexity index is 472. The van der Waals surface area contributed by atoms with Crippen LogP contribution in [-0.2, 0) is 0 Å². The van der Waals surface area contributed by atoms with Crippen molar-refractivity contribution in [1.29, 1.82) is 5.26 Å². The van der Waals surface area contributed by atoms with Crippen LogP contribution in [0.2, 0.25) is 0 Å². The van der Waals surface area contributed by atoms with Crippen molar-refractivity contribution < 1.29 is 14.3 Å². The molecule has 0 radical (unpaired) electrons. The maximum absolute atomic E-state index is 10.8. The van der Waals surface area contributed by atoms with Gasteiger partial charge in [0, 0.05) is 11.1 Å². The molecule has 0 saturated heterocycles. The minimum Gasteiger partial charge on any atom is -0.493 e. The van der Waals surface area contributed by atoms with Gasteiger partial charge >= 0.3 is 0 Å². The van der Waals surface area contributed by atoms with Gasteiger partial charge in [-0.15, -0.1) is 0 Å². The number of allylic oxidation sites excluding steroid dienone is 1. The van der Waals surface area contributed by atoms with Crippen molar-refractivity contribution in [1.82, 2.24) is 0 Å². The summed E-state index contributed by atoms with van der Waals surface area (Å²) in [7, 11) is 3.04. The molecule has 0 N–H and O–H groups in total. The van der Waals surface area contributed by atoms with Gasteiger partial charge in [-0.3, -0.25) is 4.79 Å². The molecule has 1 rings (SSSR count). The molecule has 0 amide bonds. The molecule has 0 fully saturated rings. The number of nitrogens with zero attached hydrogens (tertiary/aromatic N) is 1. The summed E-state index contributed by atoms with van der Waals surface area (Å²) in [5.41, 5.74) is 1.21. The highest BCUT2D eigenvalue weighted by Gasteiger charge is 2.09. The lowest BCUT2D eigenvalue weighted by Gasteiger charge is -2.11. The van der Waals surface area contributed by atoms with E-state index in [0.29, 0.717) is 29.0 Å². The lowest BCUT2D eigenvalue weighted by atomic mass is 10.1. The highest BCUT2D eigenvalue weighted by Crippen LogP contribution is 2.33. The third kappa shape index (κ3) is 3.08. The molecule has 0 atom stereocenters. The van der Waals surface area contributed by atoms with Crippen LogP contribution in [-0.4, -0.2) is 20.5 Å². The van der Waals surface area contributed by atoms with Crippen LogP contribution in [0.15, 0.2) is 18.2 Å². The van der Waals surface area contributed by atoms with Crippen molar-refractivity contribution >= 4 is 12.4 Å². The van der Waals surface area contributed by atoms with Crippen LogP contribution in [0.5, 0.6) is 11.5 Å². The van der Waals surface area contributed by atoms with Crippen LogP contribution in [0.3, 0.4) is 0 Å². The molecule has 1 aromatic carbocycles. The Morgan fingerprint density at radius 3 is 2.65 bits per heavy atom. The highest BCUT2D eigenvalue weighted by molar-refractivity contribution is 5.79. The third-order valence-electron chi connectivity index (χ3n) is 2.17. The summed E-state index contributed by atoms with van der Waals surface area (Å²) in [6, 6.07) is 5.29. The van der Waals surface area contributed by atoms with Gasteiger partial charge < -0.3 is 9.47 Å². The fourth-order valence-electron chi connectivity index (χ4n) is 1.45. The predicted molar refractivity (Wildman–Crippen MR) is 64.2 cm³/mol. The van der Waals surface area contributed by atoms with Gasteiger partial charge in [0.1, 0.15) is 6.29 Å². The molecule has 0 heterocycles. The van der Waals surface area contributed by atoms with E-state index in [1.165, 1.54) is 14.2 Å². The molecule has 88 valence electrons. The summed E-state index contributed by atoms with van der Waals surface area (Å²) in [6.07, 6.45) is 4.48. The zero-order valence-electron chi connectivity index (χ0n) is 9.77. The van der Waals surface area contributed by atoms with Gasteiger partial charge in [0.05, 0.1) is 26.7 Å². The standard InChI is InChI=1S/C13H13NO3/c1-16-12-8-10(9-15)7-11(13(12)17-2)5-3-4-6-14/h3,5,7-9H,4H2,1-2H3. The lowest BCUT2D eigenvalue weighted by Crippen LogP contribution is -1.95. The van der Waals surface area contributed by atoms with Crippen LogP contribution in [0.1, 0.15) is 22.3 Å². The van der Waals surface area contributed by atoms with E-state index in [2.05, 4.69) is 0 Å². The van der Waals surface area contributed by atoms with Crippen LogP contribution in [0.25, 0.3) is 6.08 Å². The average molecular weight is 231 g/mol. The van der Waals surface area contributed by atoms with Gasteiger partial charge in [-0.05, 0) is 12.1 Å². The Labute approximate surface area is 100 Å². The number of carbonyl (C=O) groups excluding carboxylic acids is 1. The van der Waals surface area contributed by atoms with Gasteiger partial charge in [0.15, 0.2) is 11.5 Å². The van der Waals surface area contributed by atoms with Crippen molar-refractivity contribution in [3.05, 3.63) is 29.3 Å². The first-order chi connectivity index (χ1) is 8.26. The second kappa shape index (κ2) is 6.33. The number of hydrogen-bond acceptors (Lipinski definition) is 4. The first kappa shape index (κ1) is 12.8. The van der Waals surface area contributed by atoms with E-state index in [1.807, 2.05) is 6.07 Å². The topological polar surface area (TPSA) is 59.3 Å². The number of rotatable bonds is 5. The van der Waals surface area contributed by atoms with E-state index < -0.39 is 0 Å². The molecular weight excluding hydrogens is 218 g/mol. The first-order valence-corrected chi connectivity index (χ1v) is 5.01. The lowest BCUT2D eigenvalue weighted by molar-refractivity contribution is 0.112. The highest BCUT2D eigenvalue weighted by atomic mass is 16.5. The van der Waals surface area contributed by atoms with E-state index in [0.717, 1.165) is 6.29 Å². The monoisotopic (exact) mass is 231 g/mol. The van der Waals surface area contributed by atoms with E-state index in [9.17, 15) is 4.79 Å². The van der Waals surface area contributed by atoms with E-state index in [-0.39, 0.29) is 0 Å². The first-order valence-electron chi connectivity index (χ1n) is 5.01. The number of methoxy groups -OCH3 is 2. The molecule has 4 heteroatoms. The smallest absolute Gasteiger partial charge is 0.167 e. The van der Waals surface area contributed by atoms with Crippen LogP contribution in [0.4, 0.5) is 0 Å². The molecule has 0 unspecified atom stereocenters. The van der Waals surface area contributed by atoms with Crippen LogP contribution in [0, 0.1) is 11.3 Å². The second-order valence-electron chi connectivity index (χ2n) is 3.23. The summed E-state index contributed by atoms with van der Waals surface area (Å²) in [5, 5.41) is 8.46. The molecule has 0 aliphatic heterocycles. The van der Waals surface area contributed by atoms with Gasteiger partial charge in [-0.25, -0.2) is 0 Å². The average Bonchev–Trinajstić information content (AvgIpc) is 2.37. The largest absolute Gasteiger partial charge is 0.493 e. The number of hydrogen-bond donors (Lipinski definition) is 0. The van der Waals surface area contributed by atoms with E-state index in [4.69, 9.17) is 14.7 Å². The Balaban J connectivity index is 3.24. The molecule has 0 saturated carbocycles. The number of ether oxygens (including phenoxy) is 2. The normalized spacial score (nSPS) is 9.94. The van der Waals surface area contributed by atoms with Crippen molar-refractivity contribution in [2.24, 2.45) is 0 Å². The van der Waals surface area contributed by atoms with Crippen LogP contribution < -0.4 is 9.47 Å². The summed E-state index contributed by atoms with van der Waals surface area (Å²) >= 11 is 0. The maximum Gasteiger partial charge on any atom is 0.167 e. The third-order valence-corrected chi connectivity index (χ3v) is 2.17. The molecule has 0 spiro atoms. The summed E-state index contributed by atoms with van der Waals surface area (Å²) in [4.78, 5) is 10.8. The number of aldehydes is 1. The molecular formula is C13H13NO3. The second-order valence-corrected chi connectivity index (χ2v) is 3.23. The molecule has 4 nitrogen and oxygen atoms in total. The molecule has 17 heavy (non-hydrogen) atoms. The Hall–Kier alpha value is -2.28. The number of carbonyl (C=O) groups is 1. The van der Waals surface area contributed by atoms with Gasteiger partial charge in [0.25, 0.3) is 0 Å². The summed E-state index contributed by atoms with van der Waals surface area (Å²) < 4.78 is 10.4. The van der Waals surface area contributed by atoms with Crippen molar-refractivity contribution in [3.8, 4) is 17.6 Å². The molecule has 1 aromatic rings. The van der Waals surface area contributed by atoms with Crippen molar-refractivity contribution in [2.45, 2.75) is 6.42 Å². The van der Waals surface area contributed by atoms with E-state index in [1.54, 1.807) is 24.3 Å². The summed E-state index contributed by atoms with van der Waals surface area (Å²) in [6.45, 7) is 0. The fraction of sp³-hybridized carbons (Fsp3) is 0.231. The zero-order valence-corrected chi connectivity index (χ0v) is 9.77. The van der Waals surface area contributed by atoms with Gasteiger partial charge in [-0.2, -0.15) is 5.26 Å². The minimum absolute atomic E-state index is 0.302. The summed E-state index contributed by atoms with van der Waals surface area (Å²) in [5.74, 6) is 1.04. The molecule has 0 aliphatic rings. The molecule has 0 aliphatic carbocycles. The minimum atomic E-state index is 0.302. The fourth-order valence-corrected chi connectivity index (χ4v) is 1.45. The number of nitriles is 1. The van der Waals surface area contributed by atoms with Crippen molar-refractivity contribution in [3.63, 3.8) is 0 Å². The SMILES string of the molecule is COc1cc(C=O)cc(C=CCC#N)c1OC. The zero-order chi connectivity index (χ0) is 12.7. The Kier molecular flexibility index (Phi) is 4.77. The van der Waals surface area contributed by atoms with Gasteiger partial charge in [-0.1, -0.05) is 12.2 Å². The number of benzene rings is 1. The van der Waals surface area contributed by atoms with Crippen LogP contribution >= 0.6 is 0 Å². The quantitative estimate of drug-likeness (QED) is 0.730. The van der Waals surface area contributed by atoms with Crippen molar-refractivity contribution in [2.75, 3.05) is 14.2 Å². The Morgan fingerprint density at radius 1 is 1.35 bits per heavy atom.